The topological polar surface area (TPSA) is 33.4 Å². The van der Waals surface area contributed by atoms with Crippen molar-refractivity contribution in [2.75, 3.05) is 11.5 Å². The summed E-state index contributed by atoms with van der Waals surface area (Å²) in [5.74, 6) is 2.37. The summed E-state index contributed by atoms with van der Waals surface area (Å²) in [4.78, 5) is 0. The highest BCUT2D eigenvalue weighted by atomic mass is 32.2. The lowest BCUT2D eigenvalue weighted by Gasteiger charge is -2.05. The Kier molecular flexibility index (Phi) is 3.56. The van der Waals surface area contributed by atoms with Crippen molar-refractivity contribution in [3.05, 3.63) is 35.6 Å². The second-order valence-electron chi connectivity index (χ2n) is 3.82. The van der Waals surface area contributed by atoms with Gasteiger partial charge in [-0.2, -0.15) is 11.8 Å². The number of fused-ring (bicyclic) bond motifs is 1. The van der Waals surface area contributed by atoms with Crippen molar-refractivity contribution >= 4 is 22.7 Å². The molecule has 1 aromatic carbocycles. The Bertz CT molecular complexity index is 476. The van der Waals surface area contributed by atoms with Crippen molar-refractivity contribution in [2.24, 2.45) is 0 Å². The van der Waals surface area contributed by atoms with Gasteiger partial charge >= 0.3 is 0 Å². The zero-order valence-corrected chi connectivity index (χ0v) is 10.4. The van der Waals surface area contributed by atoms with E-state index in [2.05, 4.69) is 6.92 Å². The molecule has 0 radical (unpaired) electrons. The molecule has 1 atom stereocenters. The molecule has 16 heavy (non-hydrogen) atoms. The van der Waals surface area contributed by atoms with Crippen LogP contribution in [0.1, 0.15) is 24.4 Å². The highest BCUT2D eigenvalue weighted by Crippen LogP contribution is 2.27. The average Bonchev–Trinajstić information content (AvgIpc) is 2.71. The van der Waals surface area contributed by atoms with Crippen LogP contribution in [-0.4, -0.2) is 16.6 Å². The highest BCUT2D eigenvalue weighted by Gasteiger charge is 2.13. The third-order valence-corrected chi connectivity index (χ3v) is 3.53. The minimum Gasteiger partial charge on any atom is -0.458 e. The average molecular weight is 236 g/mol. The van der Waals surface area contributed by atoms with Gasteiger partial charge in [0.05, 0.1) is 0 Å². The molecule has 1 unspecified atom stereocenters. The van der Waals surface area contributed by atoms with Gasteiger partial charge in [-0.25, -0.2) is 0 Å². The Hall–Kier alpha value is -0.930. The molecule has 0 fully saturated rings. The van der Waals surface area contributed by atoms with Gasteiger partial charge in [-0.05, 0) is 24.3 Å². The molecule has 0 saturated heterocycles. The summed E-state index contributed by atoms with van der Waals surface area (Å²) in [7, 11) is 0. The second kappa shape index (κ2) is 4.93. The van der Waals surface area contributed by atoms with Crippen molar-refractivity contribution in [3.63, 3.8) is 0 Å². The van der Waals surface area contributed by atoms with E-state index in [0.29, 0.717) is 11.5 Å². The number of hydrogen-bond donors (Lipinski definition) is 1. The van der Waals surface area contributed by atoms with Gasteiger partial charge in [-0.15, -0.1) is 0 Å². The normalized spacial score (nSPS) is 13.2. The first kappa shape index (κ1) is 11.6. The Labute approximate surface area is 99.6 Å². The molecular weight excluding hydrogens is 220 g/mol. The number of thioether (sulfide) groups is 1. The van der Waals surface area contributed by atoms with Crippen LogP contribution in [0.25, 0.3) is 11.0 Å². The van der Waals surface area contributed by atoms with Crippen LogP contribution in [0.5, 0.6) is 0 Å². The number of furan rings is 1. The van der Waals surface area contributed by atoms with Crippen LogP contribution in [0.3, 0.4) is 0 Å². The van der Waals surface area contributed by atoms with E-state index in [4.69, 9.17) is 4.42 Å². The van der Waals surface area contributed by atoms with Crippen LogP contribution >= 0.6 is 11.8 Å². The molecule has 1 N–H and O–H groups in total. The summed E-state index contributed by atoms with van der Waals surface area (Å²) in [6, 6.07) is 7.96. The summed E-state index contributed by atoms with van der Waals surface area (Å²) in [6.45, 7) is 4.10. The van der Waals surface area contributed by atoms with Crippen LogP contribution in [-0.2, 0) is 0 Å². The maximum Gasteiger partial charge on any atom is 0.137 e. The van der Waals surface area contributed by atoms with E-state index in [1.54, 1.807) is 11.8 Å². The molecule has 3 heteroatoms. The molecule has 1 heterocycles. The summed E-state index contributed by atoms with van der Waals surface area (Å²) in [6.07, 6.45) is -0.503. The van der Waals surface area contributed by atoms with E-state index in [1.165, 1.54) is 0 Å². The zero-order valence-electron chi connectivity index (χ0n) is 9.56. The lowest BCUT2D eigenvalue weighted by molar-refractivity contribution is 0.176. The predicted octanol–water partition coefficient (Wildman–Crippen LogP) is 3.53. The van der Waals surface area contributed by atoms with Crippen molar-refractivity contribution in [2.45, 2.75) is 20.0 Å². The first-order valence-corrected chi connectivity index (χ1v) is 6.62. The standard InChI is InChI=1S/C13H16O2S/c1-3-16-8-11(14)12-7-10-6-4-5-9(2)13(10)15-12/h4-7,11,14H,3,8H2,1-2H3. The minimum absolute atomic E-state index is 0.503. The number of benzene rings is 1. The summed E-state index contributed by atoms with van der Waals surface area (Å²) in [5.41, 5.74) is 2.00. The van der Waals surface area contributed by atoms with Crippen molar-refractivity contribution in [1.29, 1.82) is 0 Å². The Morgan fingerprint density at radius 3 is 2.94 bits per heavy atom. The van der Waals surface area contributed by atoms with Crippen molar-refractivity contribution in [1.82, 2.24) is 0 Å². The predicted molar refractivity (Wildman–Crippen MR) is 68.9 cm³/mol. The largest absolute Gasteiger partial charge is 0.458 e. The monoisotopic (exact) mass is 236 g/mol. The fourth-order valence-electron chi connectivity index (χ4n) is 1.70. The van der Waals surface area contributed by atoms with Crippen molar-refractivity contribution in [3.8, 4) is 0 Å². The minimum atomic E-state index is -0.503. The summed E-state index contributed by atoms with van der Waals surface area (Å²) in [5, 5.41) is 11.0. The van der Waals surface area contributed by atoms with Gasteiger partial charge in [0.2, 0.25) is 0 Å². The lowest BCUT2D eigenvalue weighted by Crippen LogP contribution is -1.98. The van der Waals surface area contributed by atoms with E-state index in [-0.39, 0.29) is 0 Å². The Balaban J connectivity index is 2.29. The van der Waals surface area contributed by atoms with Gasteiger partial charge in [-0.1, -0.05) is 25.1 Å². The fraction of sp³-hybridized carbons (Fsp3) is 0.385. The van der Waals surface area contributed by atoms with Gasteiger partial charge in [-0.3, -0.25) is 0 Å². The first-order chi connectivity index (χ1) is 7.72. The second-order valence-corrected chi connectivity index (χ2v) is 5.14. The maximum absolute atomic E-state index is 9.93. The Morgan fingerprint density at radius 2 is 2.25 bits per heavy atom. The molecule has 2 rings (SSSR count). The molecule has 0 aliphatic heterocycles. The third kappa shape index (κ3) is 2.25. The van der Waals surface area contributed by atoms with E-state index in [0.717, 1.165) is 22.3 Å². The van der Waals surface area contributed by atoms with Gasteiger partial charge in [0, 0.05) is 11.1 Å². The molecule has 0 bridgehead atoms. The molecule has 2 aromatic rings. The molecule has 0 aliphatic carbocycles. The zero-order chi connectivity index (χ0) is 11.5. The number of para-hydroxylation sites is 1. The number of aliphatic hydroxyl groups excluding tert-OH is 1. The third-order valence-electron chi connectivity index (χ3n) is 2.57. The number of aliphatic hydroxyl groups is 1. The van der Waals surface area contributed by atoms with Crippen molar-refractivity contribution < 1.29 is 9.52 Å². The van der Waals surface area contributed by atoms with E-state index < -0.39 is 6.10 Å². The van der Waals surface area contributed by atoms with Crippen LogP contribution in [0.4, 0.5) is 0 Å². The van der Waals surface area contributed by atoms with E-state index >= 15 is 0 Å². The molecule has 86 valence electrons. The fourth-order valence-corrected chi connectivity index (χ4v) is 2.33. The SMILES string of the molecule is CCSCC(O)c1cc2cccc(C)c2o1. The smallest absolute Gasteiger partial charge is 0.137 e. The lowest BCUT2D eigenvalue weighted by atomic mass is 10.2. The number of rotatable bonds is 4. The van der Waals surface area contributed by atoms with E-state index in [1.807, 2.05) is 31.2 Å². The molecule has 2 nitrogen and oxygen atoms in total. The quantitative estimate of drug-likeness (QED) is 0.881. The first-order valence-electron chi connectivity index (χ1n) is 5.47. The molecule has 0 amide bonds. The van der Waals surface area contributed by atoms with Crippen LogP contribution in [0.15, 0.2) is 28.7 Å². The summed E-state index contributed by atoms with van der Waals surface area (Å²) < 4.78 is 5.69. The summed E-state index contributed by atoms with van der Waals surface area (Å²) >= 11 is 1.72. The van der Waals surface area contributed by atoms with Gasteiger partial charge < -0.3 is 9.52 Å². The van der Waals surface area contributed by atoms with E-state index in [9.17, 15) is 5.11 Å². The number of hydrogen-bond acceptors (Lipinski definition) is 3. The van der Waals surface area contributed by atoms with Crippen LogP contribution < -0.4 is 0 Å². The molecule has 1 aromatic heterocycles. The molecular formula is C13H16O2S. The molecule has 0 saturated carbocycles. The maximum atomic E-state index is 9.93. The highest BCUT2D eigenvalue weighted by molar-refractivity contribution is 7.99. The van der Waals surface area contributed by atoms with Gasteiger partial charge in [0.25, 0.3) is 0 Å². The Morgan fingerprint density at radius 1 is 1.44 bits per heavy atom. The molecule has 0 spiro atoms. The van der Waals surface area contributed by atoms with Gasteiger partial charge in [0.15, 0.2) is 0 Å². The van der Waals surface area contributed by atoms with Gasteiger partial charge in [0.1, 0.15) is 17.4 Å². The molecule has 0 aliphatic rings. The number of aryl methyl sites for hydroxylation is 1. The van der Waals surface area contributed by atoms with Crippen LogP contribution in [0.2, 0.25) is 0 Å². The van der Waals surface area contributed by atoms with Crippen LogP contribution in [0, 0.1) is 6.92 Å².